The van der Waals surface area contributed by atoms with E-state index in [1.165, 1.54) is 6.92 Å². The normalized spacial score (nSPS) is 6.89. The van der Waals surface area contributed by atoms with Gasteiger partial charge < -0.3 is 10.6 Å². The molecule has 2 N–H and O–H groups in total. The van der Waals surface area contributed by atoms with Crippen molar-refractivity contribution in [3.8, 4) is 0 Å². The number of nitrogens with one attached hydrogen (secondary N) is 2. The predicted octanol–water partition coefficient (Wildman–Crippen LogP) is 0.245. The second-order valence-corrected chi connectivity index (χ2v) is 1.67. The molecule has 0 rings (SSSR count). The van der Waals surface area contributed by atoms with Crippen molar-refractivity contribution in [3.63, 3.8) is 0 Å². The molecule has 0 saturated carbocycles. The van der Waals surface area contributed by atoms with E-state index in [1.807, 2.05) is 0 Å². The van der Waals surface area contributed by atoms with Gasteiger partial charge in [-0.2, -0.15) is 0 Å². The first-order valence-corrected chi connectivity index (χ1v) is 2.57. The van der Waals surface area contributed by atoms with Crippen LogP contribution in [0.1, 0.15) is 6.92 Å². The van der Waals surface area contributed by atoms with Crippen LogP contribution in [0.15, 0.2) is 0 Å². The number of halogens is 1. The van der Waals surface area contributed by atoms with Gasteiger partial charge in [-0.05, 0) is 12.2 Å². The molecule has 0 aromatic rings. The van der Waals surface area contributed by atoms with Gasteiger partial charge in [-0.3, -0.25) is 4.79 Å². The summed E-state index contributed by atoms with van der Waals surface area (Å²) in [7, 11) is 1.65. The van der Waals surface area contributed by atoms with Crippen LogP contribution in [0.3, 0.4) is 0 Å². The van der Waals surface area contributed by atoms with Crippen molar-refractivity contribution in [1.82, 2.24) is 10.6 Å². The van der Waals surface area contributed by atoms with Gasteiger partial charge >= 0.3 is 0 Å². The van der Waals surface area contributed by atoms with Crippen LogP contribution in [-0.2, 0) is 4.79 Å². The lowest BCUT2D eigenvalue weighted by molar-refractivity contribution is -0.117. The van der Waals surface area contributed by atoms with Gasteiger partial charge in [0.2, 0.25) is 5.91 Å². The Balaban J connectivity index is 0. The highest BCUT2D eigenvalue weighted by Crippen LogP contribution is 1.62. The summed E-state index contributed by atoms with van der Waals surface area (Å²) in [6.07, 6.45) is 0. The largest absolute Gasteiger partial charge is 0.365 e. The minimum absolute atomic E-state index is 0. The fraction of sp³-hybridized carbons (Fsp3) is 0.500. The Kier molecular flexibility index (Phi) is 8.17. The van der Waals surface area contributed by atoms with E-state index in [4.69, 9.17) is 0 Å². The first-order valence-electron chi connectivity index (χ1n) is 2.16. The second kappa shape index (κ2) is 6.21. The topological polar surface area (TPSA) is 41.1 Å². The molecule has 0 aliphatic carbocycles. The molecule has 0 atom stereocenters. The van der Waals surface area contributed by atoms with Gasteiger partial charge in [-0.15, -0.1) is 24.0 Å². The van der Waals surface area contributed by atoms with E-state index in [9.17, 15) is 4.79 Å². The van der Waals surface area contributed by atoms with Crippen molar-refractivity contribution < 1.29 is 4.79 Å². The lowest BCUT2D eigenvalue weighted by atomic mass is 10.7. The van der Waals surface area contributed by atoms with Crippen LogP contribution in [0.25, 0.3) is 0 Å². The van der Waals surface area contributed by atoms with Crippen LogP contribution in [0.2, 0.25) is 0 Å². The zero-order valence-corrected chi connectivity index (χ0v) is 8.37. The number of rotatable bonds is 0. The van der Waals surface area contributed by atoms with E-state index in [0.29, 0.717) is 5.11 Å². The fourth-order valence-corrected chi connectivity index (χ4v) is 0.366. The average molecular weight is 260 g/mol. The molecule has 0 aliphatic rings. The van der Waals surface area contributed by atoms with Crippen LogP contribution in [0, 0.1) is 0 Å². The number of hydrogen-bond donors (Lipinski definition) is 2. The Morgan fingerprint density at radius 2 is 2.00 bits per heavy atom. The van der Waals surface area contributed by atoms with E-state index < -0.39 is 0 Å². The summed E-state index contributed by atoms with van der Waals surface area (Å²) < 4.78 is 0. The van der Waals surface area contributed by atoms with E-state index in [-0.39, 0.29) is 29.9 Å². The van der Waals surface area contributed by atoms with E-state index >= 15 is 0 Å². The van der Waals surface area contributed by atoms with Crippen molar-refractivity contribution >= 4 is 47.2 Å². The third kappa shape index (κ3) is 8.09. The first-order chi connectivity index (χ1) is 3.66. The predicted molar refractivity (Wildman–Crippen MR) is 50.9 cm³/mol. The molecular formula is C4H9IN2OS. The van der Waals surface area contributed by atoms with E-state index in [2.05, 4.69) is 22.9 Å². The van der Waals surface area contributed by atoms with Crippen LogP contribution < -0.4 is 10.6 Å². The fourth-order valence-electron chi connectivity index (χ4n) is 0.222. The van der Waals surface area contributed by atoms with Crippen LogP contribution in [-0.4, -0.2) is 18.1 Å². The molecule has 9 heavy (non-hydrogen) atoms. The Hall–Kier alpha value is 0.0900. The zero-order chi connectivity index (χ0) is 6.57. The van der Waals surface area contributed by atoms with Gasteiger partial charge in [0.05, 0.1) is 0 Å². The van der Waals surface area contributed by atoms with Gasteiger partial charge in [0.25, 0.3) is 0 Å². The van der Waals surface area contributed by atoms with Crippen LogP contribution >= 0.6 is 36.2 Å². The molecule has 1 amide bonds. The highest BCUT2D eigenvalue weighted by atomic mass is 127. The quantitative estimate of drug-likeness (QED) is 0.484. The van der Waals surface area contributed by atoms with Gasteiger partial charge in [-0.25, -0.2) is 0 Å². The van der Waals surface area contributed by atoms with Gasteiger partial charge in [0, 0.05) is 14.0 Å². The summed E-state index contributed by atoms with van der Waals surface area (Å²) in [5, 5.41) is 5.33. The third-order valence-electron chi connectivity index (χ3n) is 0.517. The molecule has 3 nitrogen and oxygen atoms in total. The highest BCUT2D eigenvalue weighted by Gasteiger charge is 1.90. The van der Waals surface area contributed by atoms with Crippen molar-refractivity contribution in [2.24, 2.45) is 0 Å². The molecule has 0 fully saturated rings. The van der Waals surface area contributed by atoms with Gasteiger partial charge in [-0.1, -0.05) is 0 Å². The summed E-state index contributed by atoms with van der Waals surface area (Å²) >= 11 is 4.59. The molecule has 0 saturated heterocycles. The molecule has 5 heteroatoms. The number of thiocarbonyl (C=S) groups is 1. The number of carbonyl (C=O) groups excluding carboxylic acids is 1. The average Bonchev–Trinajstić information content (AvgIpc) is 1.65. The first kappa shape index (κ1) is 11.8. The maximum absolute atomic E-state index is 10.2. The van der Waals surface area contributed by atoms with Crippen molar-refractivity contribution in [2.45, 2.75) is 6.92 Å². The SMILES string of the molecule is CNC(=S)NC(C)=O.I. The van der Waals surface area contributed by atoms with Gasteiger partial charge in [0.15, 0.2) is 5.11 Å². The Morgan fingerprint density at radius 1 is 1.56 bits per heavy atom. The third-order valence-corrected chi connectivity index (χ3v) is 0.823. The Labute approximate surface area is 76.6 Å². The lowest BCUT2D eigenvalue weighted by Crippen LogP contribution is -2.35. The molecule has 0 bridgehead atoms. The minimum Gasteiger partial charge on any atom is -0.365 e. The smallest absolute Gasteiger partial charge is 0.222 e. The Morgan fingerprint density at radius 3 is 2.11 bits per heavy atom. The molecule has 0 unspecified atom stereocenters. The Bertz CT molecular complexity index is 117. The van der Waals surface area contributed by atoms with E-state index in [0.717, 1.165) is 0 Å². The number of hydrogen-bond acceptors (Lipinski definition) is 2. The maximum Gasteiger partial charge on any atom is 0.222 e. The maximum atomic E-state index is 10.2. The second-order valence-electron chi connectivity index (χ2n) is 1.26. The number of carbonyl (C=O) groups is 1. The highest BCUT2D eigenvalue weighted by molar-refractivity contribution is 14.0. The summed E-state index contributed by atoms with van der Waals surface area (Å²) in [5.74, 6) is -0.149. The monoisotopic (exact) mass is 260 g/mol. The number of amides is 1. The van der Waals surface area contributed by atoms with Gasteiger partial charge in [0.1, 0.15) is 0 Å². The minimum atomic E-state index is -0.149. The molecule has 0 aromatic carbocycles. The molecular weight excluding hydrogens is 251 g/mol. The van der Waals surface area contributed by atoms with Crippen molar-refractivity contribution in [2.75, 3.05) is 7.05 Å². The molecule has 0 radical (unpaired) electrons. The van der Waals surface area contributed by atoms with Crippen molar-refractivity contribution in [1.29, 1.82) is 0 Å². The van der Waals surface area contributed by atoms with Crippen LogP contribution in [0.5, 0.6) is 0 Å². The molecule has 0 aliphatic heterocycles. The summed E-state index contributed by atoms with van der Waals surface area (Å²) in [4.78, 5) is 10.2. The summed E-state index contributed by atoms with van der Waals surface area (Å²) in [5.41, 5.74) is 0. The molecule has 0 spiro atoms. The summed E-state index contributed by atoms with van der Waals surface area (Å²) in [6, 6.07) is 0. The molecule has 54 valence electrons. The zero-order valence-electron chi connectivity index (χ0n) is 5.22. The van der Waals surface area contributed by atoms with E-state index in [1.54, 1.807) is 7.05 Å². The summed E-state index contributed by atoms with van der Waals surface area (Å²) in [6.45, 7) is 1.41. The van der Waals surface area contributed by atoms with Crippen molar-refractivity contribution in [3.05, 3.63) is 0 Å². The lowest BCUT2D eigenvalue weighted by Gasteiger charge is -1.99. The molecule has 0 heterocycles. The standard InChI is InChI=1S/C4H8N2OS.HI/c1-3(7)6-4(8)5-2;/h1-2H3,(H2,5,6,7,8);1H. The van der Waals surface area contributed by atoms with Crippen LogP contribution in [0.4, 0.5) is 0 Å². The molecule has 0 aromatic heterocycles.